The molecule has 0 radical (unpaired) electrons. The maximum absolute atomic E-state index is 12.1. The molecule has 0 aromatic rings. The van der Waals surface area contributed by atoms with Gasteiger partial charge in [-0.05, 0) is 93.8 Å². The van der Waals surface area contributed by atoms with E-state index in [4.69, 9.17) is 9.16 Å². The number of carbonyl (C=O) groups is 1. The van der Waals surface area contributed by atoms with Crippen LogP contribution in [0.1, 0.15) is 58.3 Å². The van der Waals surface area contributed by atoms with Crippen molar-refractivity contribution in [3.05, 3.63) is 11.6 Å². The molecule has 3 fully saturated rings. The van der Waals surface area contributed by atoms with Crippen molar-refractivity contribution in [3.8, 4) is 0 Å². The molecule has 3 saturated carbocycles. The van der Waals surface area contributed by atoms with E-state index >= 15 is 0 Å². The van der Waals surface area contributed by atoms with Crippen LogP contribution < -0.4 is 0 Å². The van der Waals surface area contributed by atoms with E-state index in [9.17, 15) is 4.79 Å². The first-order valence-corrected chi connectivity index (χ1v) is 14.5. The molecular weight excluding hydrogens is 352 g/mol. The summed E-state index contributed by atoms with van der Waals surface area (Å²) in [5.74, 6) is 2.58. The third-order valence-electron chi connectivity index (χ3n) is 8.50. The zero-order chi connectivity index (χ0) is 19.4. The van der Waals surface area contributed by atoms with Gasteiger partial charge in [-0.3, -0.25) is 4.79 Å². The lowest BCUT2D eigenvalue weighted by Gasteiger charge is -2.59. The molecule has 1 unspecified atom stereocenters. The molecule has 0 saturated heterocycles. The standard InChI is InChI=1S/C23H38O3Si/c1-22-12-11-20-18(19(22)8-9-21(22)26-27(3,4)5)7-6-16-14-17(24)10-13-23(16,20)15-25-2/h14,18-21H,6-13,15H2,1-5H3/t18-,19-,20+,21?,22-,23+/m0/s1. The van der Waals surface area contributed by atoms with Gasteiger partial charge in [-0.2, -0.15) is 0 Å². The summed E-state index contributed by atoms with van der Waals surface area (Å²) < 4.78 is 12.5. The van der Waals surface area contributed by atoms with Crippen molar-refractivity contribution in [2.24, 2.45) is 28.6 Å². The van der Waals surface area contributed by atoms with E-state index in [1.165, 1.54) is 37.7 Å². The van der Waals surface area contributed by atoms with Crippen LogP contribution in [0, 0.1) is 28.6 Å². The molecule has 6 atom stereocenters. The highest BCUT2D eigenvalue weighted by Gasteiger charge is 2.60. The molecule has 0 spiro atoms. The van der Waals surface area contributed by atoms with Gasteiger partial charge in [0.25, 0.3) is 0 Å². The summed E-state index contributed by atoms with van der Waals surface area (Å²) in [6.45, 7) is 10.3. The monoisotopic (exact) mass is 390 g/mol. The molecule has 3 nitrogen and oxygen atoms in total. The summed E-state index contributed by atoms with van der Waals surface area (Å²) in [6, 6.07) is 0. The number of ketones is 1. The van der Waals surface area contributed by atoms with Crippen molar-refractivity contribution < 1.29 is 14.0 Å². The Morgan fingerprint density at radius 3 is 2.56 bits per heavy atom. The molecule has 0 heterocycles. The fourth-order valence-electron chi connectivity index (χ4n) is 7.46. The number of carbonyl (C=O) groups excluding carboxylic acids is 1. The maximum Gasteiger partial charge on any atom is 0.184 e. The van der Waals surface area contributed by atoms with Crippen molar-refractivity contribution >= 4 is 14.1 Å². The van der Waals surface area contributed by atoms with Crippen molar-refractivity contribution in [1.82, 2.24) is 0 Å². The quantitative estimate of drug-likeness (QED) is 0.606. The molecule has 152 valence electrons. The highest BCUT2D eigenvalue weighted by Crippen LogP contribution is 2.65. The Kier molecular flexibility index (Phi) is 5.00. The Balaban J connectivity index is 1.63. The Morgan fingerprint density at radius 1 is 1.07 bits per heavy atom. The van der Waals surface area contributed by atoms with Gasteiger partial charge in [0.15, 0.2) is 14.1 Å². The van der Waals surface area contributed by atoms with Crippen LogP contribution in [-0.2, 0) is 14.0 Å². The van der Waals surface area contributed by atoms with E-state index in [0.717, 1.165) is 31.3 Å². The zero-order valence-electron chi connectivity index (χ0n) is 18.0. The van der Waals surface area contributed by atoms with E-state index in [-0.39, 0.29) is 5.41 Å². The van der Waals surface area contributed by atoms with Crippen LogP contribution in [0.2, 0.25) is 19.6 Å². The first-order chi connectivity index (χ1) is 12.7. The molecule has 4 aliphatic carbocycles. The van der Waals surface area contributed by atoms with Gasteiger partial charge >= 0.3 is 0 Å². The van der Waals surface area contributed by atoms with Crippen LogP contribution in [0.3, 0.4) is 0 Å². The predicted molar refractivity (Wildman–Crippen MR) is 111 cm³/mol. The summed E-state index contributed by atoms with van der Waals surface area (Å²) in [5.41, 5.74) is 1.89. The number of hydrogen-bond donors (Lipinski definition) is 0. The first-order valence-electron chi connectivity index (χ1n) is 11.1. The summed E-state index contributed by atoms with van der Waals surface area (Å²) >= 11 is 0. The summed E-state index contributed by atoms with van der Waals surface area (Å²) in [5, 5.41) is 0. The number of ether oxygens (including phenoxy) is 1. The number of fused-ring (bicyclic) bond motifs is 5. The van der Waals surface area contributed by atoms with E-state index in [1.807, 2.05) is 13.2 Å². The van der Waals surface area contributed by atoms with Crippen LogP contribution >= 0.6 is 0 Å². The lowest BCUT2D eigenvalue weighted by molar-refractivity contribution is -0.120. The zero-order valence-corrected chi connectivity index (χ0v) is 19.0. The molecule has 0 bridgehead atoms. The second kappa shape index (κ2) is 6.81. The van der Waals surface area contributed by atoms with E-state index in [2.05, 4.69) is 26.6 Å². The van der Waals surface area contributed by atoms with Gasteiger partial charge in [-0.15, -0.1) is 0 Å². The van der Waals surface area contributed by atoms with Crippen molar-refractivity contribution in [2.75, 3.05) is 13.7 Å². The van der Waals surface area contributed by atoms with Gasteiger partial charge < -0.3 is 9.16 Å². The van der Waals surface area contributed by atoms with Crippen LogP contribution in [0.15, 0.2) is 11.6 Å². The molecular formula is C23H38O3Si. The van der Waals surface area contributed by atoms with Crippen molar-refractivity contribution in [1.29, 1.82) is 0 Å². The summed E-state index contributed by atoms with van der Waals surface area (Å²) in [7, 11) is 0.321. The minimum atomic E-state index is -1.52. The number of hydrogen-bond acceptors (Lipinski definition) is 3. The third-order valence-corrected chi connectivity index (χ3v) is 9.49. The average molecular weight is 391 g/mol. The Morgan fingerprint density at radius 2 is 1.85 bits per heavy atom. The van der Waals surface area contributed by atoms with Crippen LogP contribution in [-0.4, -0.2) is 33.9 Å². The molecule has 0 amide bonds. The van der Waals surface area contributed by atoms with Gasteiger partial charge in [0, 0.05) is 18.9 Å². The second-order valence-corrected chi connectivity index (χ2v) is 15.4. The second-order valence-electron chi connectivity index (χ2n) is 11.0. The van der Waals surface area contributed by atoms with Gasteiger partial charge in [0.05, 0.1) is 12.7 Å². The fraction of sp³-hybridized carbons (Fsp3) is 0.870. The minimum Gasteiger partial charge on any atom is -0.414 e. The minimum absolute atomic E-state index is 0.130. The SMILES string of the molecule is COC[C@]12CCC(=O)C=C1CC[C@@H]1[C@H]2CC[C@]2(C)C(O[Si](C)(C)C)CC[C@@H]12. The highest BCUT2D eigenvalue weighted by atomic mass is 28.4. The lowest BCUT2D eigenvalue weighted by atomic mass is 9.47. The predicted octanol–water partition coefficient (Wildman–Crippen LogP) is 5.36. The molecule has 0 aromatic heterocycles. The summed E-state index contributed by atoms with van der Waals surface area (Å²) in [6.07, 6.45) is 11.7. The van der Waals surface area contributed by atoms with E-state index < -0.39 is 8.32 Å². The van der Waals surface area contributed by atoms with Crippen LogP contribution in [0.4, 0.5) is 0 Å². The smallest absolute Gasteiger partial charge is 0.184 e. The highest BCUT2D eigenvalue weighted by molar-refractivity contribution is 6.69. The van der Waals surface area contributed by atoms with E-state index in [1.54, 1.807) is 0 Å². The van der Waals surface area contributed by atoms with Gasteiger partial charge in [0.1, 0.15) is 0 Å². The summed E-state index contributed by atoms with van der Waals surface area (Å²) in [4.78, 5) is 12.1. The largest absolute Gasteiger partial charge is 0.414 e. The van der Waals surface area contributed by atoms with Gasteiger partial charge in [-0.25, -0.2) is 0 Å². The van der Waals surface area contributed by atoms with Gasteiger partial charge in [-0.1, -0.05) is 12.5 Å². The molecule has 0 N–H and O–H groups in total. The van der Waals surface area contributed by atoms with Crippen LogP contribution in [0.5, 0.6) is 0 Å². The Bertz CT molecular complexity index is 636. The molecule has 0 aliphatic heterocycles. The van der Waals surface area contributed by atoms with Crippen molar-refractivity contribution in [3.63, 3.8) is 0 Å². The molecule has 27 heavy (non-hydrogen) atoms. The third kappa shape index (κ3) is 3.20. The first kappa shape index (κ1) is 19.8. The molecule has 4 aliphatic rings. The average Bonchev–Trinajstić information content (AvgIpc) is 2.90. The fourth-order valence-corrected chi connectivity index (χ4v) is 8.70. The Labute approximate surface area is 166 Å². The van der Waals surface area contributed by atoms with Crippen molar-refractivity contribution in [2.45, 2.75) is 84.0 Å². The Hall–Kier alpha value is -0.453. The topological polar surface area (TPSA) is 35.5 Å². The number of rotatable bonds is 4. The maximum atomic E-state index is 12.1. The number of methoxy groups -OCH3 is 1. The molecule has 4 heteroatoms. The lowest BCUT2D eigenvalue weighted by Crippen LogP contribution is -2.54. The van der Waals surface area contributed by atoms with E-state index in [0.29, 0.717) is 29.6 Å². The van der Waals surface area contributed by atoms with Gasteiger partial charge in [0.2, 0.25) is 0 Å². The molecule has 4 rings (SSSR count). The normalized spacial score (nSPS) is 44.3. The van der Waals surface area contributed by atoms with Crippen LogP contribution in [0.25, 0.3) is 0 Å². The molecule has 0 aromatic carbocycles.